The molecular formula is C12H18BrFN2. The van der Waals surface area contributed by atoms with E-state index in [2.05, 4.69) is 28.3 Å². The number of halogens is 2. The summed E-state index contributed by atoms with van der Waals surface area (Å²) in [4.78, 5) is 0. The van der Waals surface area contributed by atoms with Gasteiger partial charge in [-0.25, -0.2) is 4.39 Å². The number of nitrogens with two attached hydrogens (primary N) is 1. The molecule has 1 unspecified atom stereocenters. The van der Waals surface area contributed by atoms with Crippen LogP contribution in [0.1, 0.15) is 44.2 Å². The Kier molecular flexibility index (Phi) is 5.95. The van der Waals surface area contributed by atoms with Crippen molar-refractivity contribution >= 4 is 15.9 Å². The Labute approximate surface area is 105 Å². The Morgan fingerprint density at radius 2 is 2.19 bits per heavy atom. The van der Waals surface area contributed by atoms with Crippen LogP contribution in [0.25, 0.3) is 0 Å². The molecule has 0 aliphatic rings. The van der Waals surface area contributed by atoms with Crippen molar-refractivity contribution in [1.82, 2.24) is 5.43 Å². The molecular weight excluding hydrogens is 271 g/mol. The van der Waals surface area contributed by atoms with E-state index < -0.39 is 0 Å². The molecule has 4 heteroatoms. The Morgan fingerprint density at radius 3 is 2.81 bits per heavy atom. The van der Waals surface area contributed by atoms with Crippen molar-refractivity contribution in [2.75, 3.05) is 0 Å². The Balaban J connectivity index is 2.74. The standard InChI is InChI=1S/C12H18BrFN2/c1-2-3-4-8-11(16-15)9-6-5-7-10(13)12(9)14/h5-7,11,16H,2-4,8,15H2,1H3. The number of hydrogen-bond acceptors (Lipinski definition) is 2. The Hall–Kier alpha value is -0.450. The molecule has 0 radical (unpaired) electrons. The lowest BCUT2D eigenvalue weighted by atomic mass is 10.0. The van der Waals surface area contributed by atoms with Crippen LogP contribution < -0.4 is 11.3 Å². The summed E-state index contributed by atoms with van der Waals surface area (Å²) < 4.78 is 14.3. The molecule has 0 aromatic heterocycles. The highest BCUT2D eigenvalue weighted by molar-refractivity contribution is 9.10. The second-order valence-electron chi connectivity index (χ2n) is 3.86. The Morgan fingerprint density at radius 1 is 1.44 bits per heavy atom. The summed E-state index contributed by atoms with van der Waals surface area (Å²) in [7, 11) is 0. The number of nitrogens with one attached hydrogen (secondary N) is 1. The molecule has 0 fully saturated rings. The zero-order valence-electron chi connectivity index (χ0n) is 9.47. The first-order chi connectivity index (χ1) is 7.70. The second kappa shape index (κ2) is 6.99. The van der Waals surface area contributed by atoms with Crippen molar-refractivity contribution in [3.63, 3.8) is 0 Å². The van der Waals surface area contributed by atoms with Crippen molar-refractivity contribution in [2.45, 2.75) is 38.6 Å². The minimum atomic E-state index is -0.220. The van der Waals surface area contributed by atoms with E-state index in [9.17, 15) is 4.39 Å². The van der Waals surface area contributed by atoms with Gasteiger partial charge in [-0.05, 0) is 28.4 Å². The van der Waals surface area contributed by atoms with E-state index in [1.54, 1.807) is 12.1 Å². The molecule has 0 saturated carbocycles. The summed E-state index contributed by atoms with van der Waals surface area (Å²) in [6.45, 7) is 2.14. The predicted octanol–water partition coefficient (Wildman–Crippen LogP) is 3.67. The van der Waals surface area contributed by atoms with Gasteiger partial charge in [-0.3, -0.25) is 11.3 Å². The van der Waals surface area contributed by atoms with Crippen LogP contribution in [0, 0.1) is 5.82 Å². The van der Waals surface area contributed by atoms with Gasteiger partial charge in [0.2, 0.25) is 0 Å². The fourth-order valence-corrected chi connectivity index (χ4v) is 2.10. The highest BCUT2D eigenvalue weighted by atomic mass is 79.9. The minimum absolute atomic E-state index is 0.107. The molecule has 0 aliphatic heterocycles. The van der Waals surface area contributed by atoms with Crippen LogP contribution in [0.4, 0.5) is 4.39 Å². The van der Waals surface area contributed by atoms with E-state index in [1.165, 1.54) is 0 Å². The third-order valence-electron chi connectivity index (χ3n) is 2.65. The molecule has 0 saturated heterocycles. The molecule has 1 rings (SSSR count). The molecule has 16 heavy (non-hydrogen) atoms. The van der Waals surface area contributed by atoms with Crippen LogP contribution in [-0.4, -0.2) is 0 Å². The molecule has 0 bridgehead atoms. The van der Waals surface area contributed by atoms with Crippen molar-refractivity contribution in [3.05, 3.63) is 34.1 Å². The van der Waals surface area contributed by atoms with Crippen LogP contribution in [0.5, 0.6) is 0 Å². The van der Waals surface area contributed by atoms with Gasteiger partial charge in [0, 0.05) is 11.6 Å². The van der Waals surface area contributed by atoms with Gasteiger partial charge in [-0.15, -0.1) is 0 Å². The number of rotatable bonds is 6. The smallest absolute Gasteiger partial charge is 0.142 e. The van der Waals surface area contributed by atoms with E-state index in [-0.39, 0.29) is 11.9 Å². The maximum absolute atomic E-state index is 13.8. The maximum Gasteiger partial charge on any atom is 0.142 e. The van der Waals surface area contributed by atoms with Gasteiger partial charge >= 0.3 is 0 Å². The van der Waals surface area contributed by atoms with Crippen LogP contribution in [0.2, 0.25) is 0 Å². The highest BCUT2D eigenvalue weighted by Crippen LogP contribution is 2.26. The van der Waals surface area contributed by atoms with E-state index in [4.69, 9.17) is 5.84 Å². The number of unbranched alkanes of at least 4 members (excludes halogenated alkanes) is 2. The van der Waals surface area contributed by atoms with Gasteiger partial charge in [-0.2, -0.15) is 0 Å². The van der Waals surface area contributed by atoms with Gasteiger partial charge in [0.25, 0.3) is 0 Å². The third-order valence-corrected chi connectivity index (χ3v) is 3.27. The maximum atomic E-state index is 13.8. The van der Waals surface area contributed by atoms with Gasteiger partial charge in [0.05, 0.1) is 4.47 Å². The molecule has 90 valence electrons. The van der Waals surface area contributed by atoms with Crippen LogP contribution in [0.3, 0.4) is 0 Å². The first-order valence-electron chi connectivity index (χ1n) is 5.60. The monoisotopic (exact) mass is 288 g/mol. The summed E-state index contributed by atoms with van der Waals surface area (Å²) in [6.07, 6.45) is 4.21. The summed E-state index contributed by atoms with van der Waals surface area (Å²) in [5.41, 5.74) is 3.32. The van der Waals surface area contributed by atoms with Crippen molar-refractivity contribution in [3.8, 4) is 0 Å². The molecule has 0 amide bonds. The lowest BCUT2D eigenvalue weighted by Gasteiger charge is -2.17. The Bertz CT molecular complexity index is 331. The SMILES string of the molecule is CCCCCC(NN)c1cccc(Br)c1F. The molecule has 0 spiro atoms. The highest BCUT2D eigenvalue weighted by Gasteiger charge is 2.15. The third kappa shape index (κ3) is 3.54. The topological polar surface area (TPSA) is 38.0 Å². The first kappa shape index (κ1) is 13.6. The largest absolute Gasteiger partial charge is 0.271 e. The molecule has 0 heterocycles. The second-order valence-corrected chi connectivity index (χ2v) is 4.71. The van der Waals surface area contributed by atoms with Gasteiger partial charge in [-0.1, -0.05) is 38.3 Å². The fraction of sp³-hybridized carbons (Fsp3) is 0.500. The average molecular weight is 289 g/mol. The number of hydrazine groups is 1. The van der Waals surface area contributed by atoms with E-state index in [1.807, 2.05) is 6.07 Å². The predicted molar refractivity (Wildman–Crippen MR) is 68.3 cm³/mol. The summed E-state index contributed by atoms with van der Waals surface area (Å²) in [6, 6.07) is 5.19. The van der Waals surface area contributed by atoms with Crippen LogP contribution >= 0.6 is 15.9 Å². The fourth-order valence-electron chi connectivity index (χ4n) is 1.72. The van der Waals surface area contributed by atoms with E-state index in [0.29, 0.717) is 10.0 Å². The lowest BCUT2D eigenvalue weighted by Crippen LogP contribution is -2.28. The van der Waals surface area contributed by atoms with Gasteiger partial charge in [0.1, 0.15) is 5.82 Å². The van der Waals surface area contributed by atoms with Crippen LogP contribution in [0.15, 0.2) is 22.7 Å². The molecule has 2 nitrogen and oxygen atoms in total. The summed E-state index contributed by atoms with van der Waals surface area (Å²) >= 11 is 3.18. The normalized spacial score (nSPS) is 12.8. The quantitative estimate of drug-likeness (QED) is 0.476. The molecule has 1 aromatic carbocycles. The van der Waals surface area contributed by atoms with E-state index in [0.717, 1.165) is 25.7 Å². The van der Waals surface area contributed by atoms with Crippen molar-refractivity contribution in [2.24, 2.45) is 5.84 Å². The van der Waals surface area contributed by atoms with Crippen molar-refractivity contribution in [1.29, 1.82) is 0 Å². The first-order valence-corrected chi connectivity index (χ1v) is 6.40. The average Bonchev–Trinajstić information content (AvgIpc) is 2.29. The van der Waals surface area contributed by atoms with E-state index >= 15 is 0 Å². The minimum Gasteiger partial charge on any atom is -0.271 e. The molecule has 3 N–H and O–H groups in total. The molecule has 0 aliphatic carbocycles. The van der Waals surface area contributed by atoms with Gasteiger partial charge < -0.3 is 0 Å². The molecule has 1 aromatic rings. The zero-order valence-corrected chi connectivity index (χ0v) is 11.1. The van der Waals surface area contributed by atoms with Gasteiger partial charge in [0.15, 0.2) is 0 Å². The van der Waals surface area contributed by atoms with Crippen LogP contribution in [-0.2, 0) is 0 Å². The summed E-state index contributed by atoms with van der Waals surface area (Å²) in [5, 5.41) is 0. The lowest BCUT2D eigenvalue weighted by molar-refractivity contribution is 0.463. The summed E-state index contributed by atoms with van der Waals surface area (Å²) in [5.74, 6) is 5.25. The zero-order chi connectivity index (χ0) is 12.0. The number of hydrogen-bond donors (Lipinski definition) is 2. The van der Waals surface area contributed by atoms with Crippen molar-refractivity contribution < 1.29 is 4.39 Å². The molecule has 1 atom stereocenters. The number of benzene rings is 1.